The highest BCUT2D eigenvalue weighted by Gasteiger charge is 2.34. The number of hydrogen-bond acceptors (Lipinski definition) is 2. The molecule has 0 aliphatic carbocycles. The molecular weight excluding hydrogens is 260 g/mol. The minimum atomic E-state index is -4.61. The van der Waals surface area contributed by atoms with E-state index in [9.17, 15) is 17.6 Å². The van der Waals surface area contributed by atoms with Gasteiger partial charge < -0.3 is 11.5 Å². The van der Waals surface area contributed by atoms with Gasteiger partial charge in [-0.05, 0) is 30.7 Å². The lowest BCUT2D eigenvalue weighted by atomic mass is 9.98. The normalized spacial score (nSPS) is 13.1. The Kier molecular flexibility index (Phi) is 5.87. The summed E-state index contributed by atoms with van der Waals surface area (Å²) in [5.41, 5.74) is 9.61. The molecule has 0 aromatic heterocycles. The van der Waals surface area contributed by atoms with Crippen molar-refractivity contribution in [1.29, 1.82) is 0 Å². The van der Waals surface area contributed by atoms with Gasteiger partial charge in [-0.3, -0.25) is 0 Å². The summed E-state index contributed by atoms with van der Waals surface area (Å²) >= 11 is 0. The topological polar surface area (TPSA) is 52.0 Å². The first kappa shape index (κ1) is 16.1. The first-order valence-corrected chi connectivity index (χ1v) is 4.68. The lowest BCUT2D eigenvalue weighted by molar-refractivity contribution is -0.138. The molecule has 1 aromatic carbocycles. The molecule has 7 heteroatoms. The van der Waals surface area contributed by atoms with Gasteiger partial charge in [0.1, 0.15) is 5.82 Å². The van der Waals surface area contributed by atoms with Crippen molar-refractivity contribution >= 4 is 12.4 Å². The van der Waals surface area contributed by atoms with Gasteiger partial charge in [-0.25, -0.2) is 4.39 Å². The van der Waals surface area contributed by atoms with Crippen LogP contribution in [0.1, 0.15) is 23.6 Å². The van der Waals surface area contributed by atoms with Crippen LogP contribution in [-0.2, 0) is 6.18 Å². The Labute approximate surface area is 102 Å². The van der Waals surface area contributed by atoms with Crippen molar-refractivity contribution in [2.75, 3.05) is 6.54 Å². The Morgan fingerprint density at radius 3 is 2.29 bits per heavy atom. The summed E-state index contributed by atoms with van der Waals surface area (Å²) in [6.07, 6.45) is -4.39. The number of nitrogens with two attached hydrogens (primary N) is 2. The second-order valence-corrected chi connectivity index (χ2v) is 3.41. The molecule has 2 nitrogen and oxygen atoms in total. The fraction of sp³-hybridized carbons (Fsp3) is 0.400. The molecule has 0 aliphatic rings. The van der Waals surface area contributed by atoms with Crippen LogP contribution in [0.3, 0.4) is 0 Å². The second-order valence-electron chi connectivity index (χ2n) is 3.41. The SMILES string of the molecule is Cl.NCC[C@H](N)c1ccc(F)cc1C(F)(F)F. The van der Waals surface area contributed by atoms with Gasteiger partial charge in [0.2, 0.25) is 0 Å². The summed E-state index contributed by atoms with van der Waals surface area (Å²) in [5.74, 6) is -0.934. The third-order valence-corrected chi connectivity index (χ3v) is 2.20. The molecule has 0 radical (unpaired) electrons. The zero-order valence-corrected chi connectivity index (χ0v) is 9.61. The minimum absolute atomic E-state index is 0. The van der Waals surface area contributed by atoms with Crippen molar-refractivity contribution in [2.45, 2.75) is 18.6 Å². The average molecular weight is 273 g/mol. The summed E-state index contributed by atoms with van der Waals surface area (Å²) < 4.78 is 50.5. The van der Waals surface area contributed by atoms with E-state index in [2.05, 4.69) is 0 Å². The number of benzene rings is 1. The molecule has 0 bridgehead atoms. The second kappa shape index (κ2) is 6.18. The maximum atomic E-state index is 12.8. The van der Waals surface area contributed by atoms with Gasteiger partial charge in [-0.15, -0.1) is 12.4 Å². The highest BCUT2D eigenvalue weighted by Crippen LogP contribution is 2.35. The minimum Gasteiger partial charge on any atom is -0.330 e. The Morgan fingerprint density at radius 2 is 1.82 bits per heavy atom. The largest absolute Gasteiger partial charge is 0.416 e. The molecule has 1 rings (SSSR count). The molecule has 0 unspecified atom stereocenters. The summed E-state index contributed by atoms with van der Waals surface area (Å²) in [7, 11) is 0. The van der Waals surface area contributed by atoms with E-state index in [-0.39, 0.29) is 30.9 Å². The molecule has 17 heavy (non-hydrogen) atoms. The summed E-state index contributed by atoms with van der Waals surface area (Å²) in [5, 5.41) is 0. The molecule has 0 saturated carbocycles. The Hall–Kier alpha value is -0.850. The first-order valence-electron chi connectivity index (χ1n) is 4.68. The van der Waals surface area contributed by atoms with E-state index >= 15 is 0 Å². The van der Waals surface area contributed by atoms with Crippen LogP contribution in [0, 0.1) is 5.82 Å². The molecule has 0 aliphatic heterocycles. The van der Waals surface area contributed by atoms with Crippen molar-refractivity contribution in [3.05, 3.63) is 35.1 Å². The third kappa shape index (κ3) is 4.14. The number of halogens is 5. The third-order valence-electron chi connectivity index (χ3n) is 2.20. The monoisotopic (exact) mass is 272 g/mol. The molecule has 0 heterocycles. The molecule has 1 aromatic rings. The van der Waals surface area contributed by atoms with Gasteiger partial charge in [0.25, 0.3) is 0 Å². The lowest BCUT2D eigenvalue weighted by Gasteiger charge is -2.17. The van der Waals surface area contributed by atoms with Crippen molar-refractivity contribution < 1.29 is 17.6 Å². The summed E-state index contributed by atoms with van der Waals surface area (Å²) in [6.45, 7) is 0.176. The van der Waals surface area contributed by atoms with Crippen molar-refractivity contribution in [1.82, 2.24) is 0 Å². The van der Waals surface area contributed by atoms with Crippen LogP contribution < -0.4 is 11.5 Å². The van der Waals surface area contributed by atoms with Crippen LogP contribution in [0.15, 0.2) is 18.2 Å². The highest BCUT2D eigenvalue weighted by atomic mass is 35.5. The van der Waals surface area contributed by atoms with E-state index in [1.165, 1.54) is 0 Å². The van der Waals surface area contributed by atoms with Crippen molar-refractivity contribution in [2.24, 2.45) is 11.5 Å². The molecule has 0 fully saturated rings. The van der Waals surface area contributed by atoms with Crippen LogP contribution in [0.25, 0.3) is 0 Å². The predicted octanol–water partition coefficient (Wildman–Crippen LogP) is 2.61. The standard InChI is InChI=1S/C10H12F4N2.ClH/c11-6-1-2-7(9(16)3-4-15)8(5-6)10(12,13)14;/h1-2,5,9H,3-4,15-16H2;1H/t9-;/m0./s1. The van der Waals surface area contributed by atoms with Crippen LogP contribution >= 0.6 is 12.4 Å². The quantitative estimate of drug-likeness (QED) is 0.831. The molecule has 4 N–H and O–H groups in total. The Morgan fingerprint density at radius 1 is 1.24 bits per heavy atom. The van der Waals surface area contributed by atoms with Crippen LogP contribution in [0.4, 0.5) is 17.6 Å². The maximum absolute atomic E-state index is 12.8. The van der Waals surface area contributed by atoms with E-state index < -0.39 is 23.6 Å². The number of rotatable bonds is 3. The molecule has 0 spiro atoms. The zero-order valence-electron chi connectivity index (χ0n) is 8.80. The molecule has 1 atom stereocenters. The fourth-order valence-corrected chi connectivity index (χ4v) is 1.43. The summed E-state index contributed by atoms with van der Waals surface area (Å²) in [4.78, 5) is 0. The highest BCUT2D eigenvalue weighted by molar-refractivity contribution is 5.85. The maximum Gasteiger partial charge on any atom is 0.416 e. The van der Waals surface area contributed by atoms with Gasteiger partial charge in [-0.2, -0.15) is 13.2 Å². The number of alkyl halides is 3. The van der Waals surface area contributed by atoms with E-state index in [0.29, 0.717) is 6.07 Å². The van der Waals surface area contributed by atoms with Gasteiger partial charge >= 0.3 is 6.18 Å². The van der Waals surface area contributed by atoms with Gasteiger partial charge in [0.15, 0.2) is 0 Å². The molecular formula is C10H13ClF4N2. The number of hydrogen-bond donors (Lipinski definition) is 2. The van der Waals surface area contributed by atoms with Gasteiger partial charge in [0, 0.05) is 6.04 Å². The van der Waals surface area contributed by atoms with Gasteiger partial charge in [-0.1, -0.05) is 6.07 Å². The smallest absolute Gasteiger partial charge is 0.330 e. The molecule has 0 saturated heterocycles. The summed E-state index contributed by atoms with van der Waals surface area (Å²) in [6, 6.07) is 1.63. The van der Waals surface area contributed by atoms with Crippen LogP contribution in [-0.4, -0.2) is 6.54 Å². The molecule has 0 amide bonds. The first-order chi connectivity index (χ1) is 7.36. The predicted molar refractivity (Wildman–Crippen MR) is 59.2 cm³/mol. The van der Waals surface area contributed by atoms with Crippen molar-refractivity contribution in [3.8, 4) is 0 Å². The molecule has 98 valence electrons. The van der Waals surface area contributed by atoms with E-state index in [1.807, 2.05) is 0 Å². The van der Waals surface area contributed by atoms with E-state index in [0.717, 1.165) is 12.1 Å². The lowest BCUT2D eigenvalue weighted by Crippen LogP contribution is -2.20. The Balaban J connectivity index is 0.00000256. The average Bonchev–Trinajstić information content (AvgIpc) is 2.16. The van der Waals surface area contributed by atoms with Crippen molar-refractivity contribution in [3.63, 3.8) is 0 Å². The fourth-order valence-electron chi connectivity index (χ4n) is 1.43. The van der Waals surface area contributed by atoms with Crippen LogP contribution in [0.2, 0.25) is 0 Å². The van der Waals surface area contributed by atoms with E-state index in [4.69, 9.17) is 11.5 Å². The van der Waals surface area contributed by atoms with Gasteiger partial charge in [0.05, 0.1) is 5.56 Å². The van der Waals surface area contributed by atoms with Crippen LogP contribution in [0.5, 0.6) is 0 Å². The van der Waals surface area contributed by atoms with E-state index in [1.54, 1.807) is 0 Å². The zero-order chi connectivity index (χ0) is 12.3. The Bertz CT molecular complexity index is 368.